The van der Waals surface area contributed by atoms with E-state index in [2.05, 4.69) is 9.97 Å². The van der Waals surface area contributed by atoms with Gasteiger partial charge in [-0.1, -0.05) is 20.8 Å². The lowest BCUT2D eigenvalue weighted by molar-refractivity contribution is -0.156. The summed E-state index contributed by atoms with van der Waals surface area (Å²) in [5.41, 5.74) is 0.339. The SMILES string of the molecule is Cc1ccnc(C2CCN(C(=O)C(C(=O)O)C(C)(C)C)CC2)n1. The average molecular weight is 319 g/mol. The Labute approximate surface area is 136 Å². The number of aromatic nitrogens is 2. The van der Waals surface area contributed by atoms with Gasteiger partial charge < -0.3 is 10.0 Å². The lowest BCUT2D eigenvalue weighted by atomic mass is 9.79. The highest BCUT2D eigenvalue weighted by Gasteiger charge is 2.41. The number of amides is 1. The number of hydrogen-bond donors (Lipinski definition) is 1. The van der Waals surface area contributed by atoms with Gasteiger partial charge in [0.15, 0.2) is 0 Å². The van der Waals surface area contributed by atoms with Gasteiger partial charge in [0.1, 0.15) is 11.7 Å². The van der Waals surface area contributed by atoms with Crippen LogP contribution in [0.5, 0.6) is 0 Å². The molecule has 1 saturated heterocycles. The van der Waals surface area contributed by atoms with Crippen molar-refractivity contribution in [3.05, 3.63) is 23.8 Å². The van der Waals surface area contributed by atoms with Crippen molar-refractivity contribution in [3.8, 4) is 0 Å². The number of aliphatic carboxylic acids is 1. The van der Waals surface area contributed by atoms with Crippen molar-refractivity contribution in [2.24, 2.45) is 11.3 Å². The summed E-state index contributed by atoms with van der Waals surface area (Å²) in [6, 6.07) is 1.86. The molecule has 1 unspecified atom stereocenters. The Balaban J connectivity index is 2.03. The maximum absolute atomic E-state index is 12.6. The fourth-order valence-corrected chi connectivity index (χ4v) is 3.05. The van der Waals surface area contributed by atoms with Crippen LogP contribution in [0.15, 0.2) is 12.3 Å². The second-order valence-corrected chi connectivity index (χ2v) is 7.29. The number of aryl methyl sites for hydroxylation is 1. The van der Waals surface area contributed by atoms with Gasteiger partial charge >= 0.3 is 5.97 Å². The van der Waals surface area contributed by atoms with Crippen LogP contribution < -0.4 is 0 Å². The minimum Gasteiger partial charge on any atom is -0.481 e. The van der Waals surface area contributed by atoms with Crippen molar-refractivity contribution in [3.63, 3.8) is 0 Å². The standard InChI is InChI=1S/C17H25N3O3/c1-11-5-8-18-14(19-11)12-6-9-20(10-7-12)15(21)13(16(22)23)17(2,3)4/h5,8,12-13H,6-7,9-10H2,1-4H3,(H,22,23). The number of piperidine rings is 1. The summed E-state index contributed by atoms with van der Waals surface area (Å²) in [5, 5.41) is 9.40. The van der Waals surface area contributed by atoms with E-state index in [4.69, 9.17) is 0 Å². The van der Waals surface area contributed by atoms with E-state index < -0.39 is 17.3 Å². The molecule has 6 nitrogen and oxygen atoms in total. The molecule has 1 amide bonds. The van der Waals surface area contributed by atoms with Crippen LogP contribution in [-0.4, -0.2) is 44.9 Å². The highest BCUT2D eigenvalue weighted by molar-refractivity contribution is 5.97. The summed E-state index contributed by atoms with van der Waals surface area (Å²) in [6.07, 6.45) is 3.30. The van der Waals surface area contributed by atoms with Gasteiger partial charge in [0.05, 0.1) is 0 Å². The molecule has 2 rings (SSSR count). The van der Waals surface area contributed by atoms with Gasteiger partial charge in [0.2, 0.25) is 5.91 Å². The van der Waals surface area contributed by atoms with Crippen LogP contribution in [0.4, 0.5) is 0 Å². The molecular weight excluding hydrogens is 294 g/mol. The number of carbonyl (C=O) groups excluding carboxylic acids is 1. The van der Waals surface area contributed by atoms with Gasteiger partial charge in [-0.05, 0) is 31.2 Å². The molecule has 6 heteroatoms. The van der Waals surface area contributed by atoms with Gasteiger partial charge in [-0.25, -0.2) is 9.97 Å². The van der Waals surface area contributed by atoms with E-state index in [1.54, 1.807) is 31.9 Å². The van der Waals surface area contributed by atoms with Gasteiger partial charge in [0.25, 0.3) is 0 Å². The third-order valence-electron chi connectivity index (χ3n) is 4.35. The second-order valence-electron chi connectivity index (χ2n) is 7.29. The van der Waals surface area contributed by atoms with E-state index in [1.165, 1.54) is 0 Å². The summed E-state index contributed by atoms with van der Waals surface area (Å²) in [4.78, 5) is 34.5. The highest BCUT2D eigenvalue weighted by Crippen LogP contribution is 2.31. The highest BCUT2D eigenvalue weighted by atomic mass is 16.4. The first kappa shape index (κ1) is 17.4. The molecule has 1 aliphatic heterocycles. The number of nitrogens with zero attached hydrogens (tertiary/aromatic N) is 3. The van der Waals surface area contributed by atoms with E-state index >= 15 is 0 Å². The van der Waals surface area contributed by atoms with Gasteiger partial charge in [-0.15, -0.1) is 0 Å². The molecule has 0 bridgehead atoms. The molecule has 2 heterocycles. The van der Waals surface area contributed by atoms with Crippen LogP contribution in [0.1, 0.15) is 51.0 Å². The maximum Gasteiger partial charge on any atom is 0.316 e. The smallest absolute Gasteiger partial charge is 0.316 e. The predicted octanol–water partition coefficient (Wildman–Crippen LogP) is 2.24. The summed E-state index contributed by atoms with van der Waals surface area (Å²) < 4.78 is 0. The molecule has 1 aromatic rings. The lowest BCUT2D eigenvalue weighted by Gasteiger charge is -2.36. The Hall–Kier alpha value is -1.98. The van der Waals surface area contributed by atoms with E-state index in [-0.39, 0.29) is 11.8 Å². The minimum absolute atomic E-state index is 0.233. The van der Waals surface area contributed by atoms with Gasteiger partial charge in [0, 0.05) is 30.9 Å². The van der Waals surface area contributed by atoms with E-state index in [1.807, 2.05) is 13.0 Å². The minimum atomic E-state index is -1.05. The summed E-state index contributed by atoms with van der Waals surface area (Å²) in [5.74, 6) is -1.28. The third kappa shape index (κ3) is 4.06. The zero-order valence-corrected chi connectivity index (χ0v) is 14.2. The van der Waals surface area contributed by atoms with Crippen molar-refractivity contribution in [2.75, 3.05) is 13.1 Å². The van der Waals surface area contributed by atoms with Crippen LogP contribution >= 0.6 is 0 Å². The molecule has 1 fully saturated rings. The molecule has 0 aromatic carbocycles. The molecule has 23 heavy (non-hydrogen) atoms. The molecule has 1 N–H and O–H groups in total. The quantitative estimate of drug-likeness (QED) is 0.864. The fraction of sp³-hybridized carbons (Fsp3) is 0.647. The largest absolute Gasteiger partial charge is 0.481 e. The molecule has 0 radical (unpaired) electrons. The zero-order valence-electron chi connectivity index (χ0n) is 14.2. The Bertz CT molecular complexity index is 587. The first-order valence-corrected chi connectivity index (χ1v) is 8.01. The summed E-state index contributed by atoms with van der Waals surface area (Å²) in [7, 11) is 0. The van der Waals surface area contributed by atoms with E-state index in [0.717, 1.165) is 24.4 Å². The Morgan fingerprint density at radius 1 is 1.30 bits per heavy atom. The molecular formula is C17H25N3O3. The Morgan fingerprint density at radius 2 is 1.91 bits per heavy atom. The van der Waals surface area contributed by atoms with E-state index in [0.29, 0.717) is 13.1 Å². The number of hydrogen-bond acceptors (Lipinski definition) is 4. The van der Waals surface area contributed by atoms with Crippen molar-refractivity contribution in [2.45, 2.75) is 46.5 Å². The van der Waals surface area contributed by atoms with Crippen molar-refractivity contribution < 1.29 is 14.7 Å². The molecule has 126 valence electrons. The first-order chi connectivity index (χ1) is 10.7. The number of carboxylic acid groups (broad SMARTS) is 1. The zero-order chi connectivity index (χ0) is 17.2. The van der Waals surface area contributed by atoms with Crippen molar-refractivity contribution in [1.82, 2.24) is 14.9 Å². The number of likely N-dealkylation sites (tertiary alicyclic amines) is 1. The van der Waals surface area contributed by atoms with Crippen molar-refractivity contribution >= 4 is 11.9 Å². The normalized spacial score (nSPS) is 17.8. The molecule has 1 aromatic heterocycles. The Morgan fingerprint density at radius 3 is 2.39 bits per heavy atom. The fourth-order valence-electron chi connectivity index (χ4n) is 3.05. The van der Waals surface area contributed by atoms with Crippen LogP contribution in [0, 0.1) is 18.3 Å². The topological polar surface area (TPSA) is 83.4 Å². The number of carbonyl (C=O) groups is 2. The lowest BCUT2D eigenvalue weighted by Crippen LogP contribution is -2.47. The van der Waals surface area contributed by atoms with Gasteiger partial charge in [-0.2, -0.15) is 0 Å². The van der Waals surface area contributed by atoms with Gasteiger partial charge in [-0.3, -0.25) is 9.59 Å². The third-order valence-corrected chi connectivity index (χ3v) is 4.35. The van der Waals surface area contributed by atoms with E-state index in [9.17, 15) is 14.7 Å². The molecule has 0 aliphatic carbocycles. The molecule has 1 atom stereocenters. The first-order valence-electron chi connectivity index (χ1n) is 8.01. The van der Waals surface area contributed by atoms with Crippen LogP contribution in [0.25, 0.3) is 0 Å². The molecule has 1 aliphatic rings. The van der Waals surface area contributed by atoms with Crippen LogP contribution in [0.3, 0.4) is 0 Å². The number of carboxylic acids is 1. The van der Waals surface area contributed by atoms with Crippen LogP contribution in [-0.2, 0) is 9.59 Å². The van der Waals surface area contributed by atoms with Crippen molar-refractivity contribution in [1.29, 1.82) is 0 Å². The average Bonchev–Trinajstić information content (AvgIpc) is 2.45. The maximum atomic E-state index is 12.6. The Kier molecular flexibility index (Phi) is 5.02. The van der Waals surface area contributed by atoms with Crippen LogP contribution in [0.2, 0.25) is 0 Å². The number of rotatable bonds is 3. The summed E-state index contributed by atoms with van der Waals surface area (Å²) in [6.45, 7) is 8.41. The second kappa shape index (κ2) is 6.64. The predicted molar refractivity (Wildman–Crippen MR) is 85.9 cm³/mol. The molecule has 0 spiro atoms. The molecule has 0 saturated carbocycles. The monoisotopic (exact) mass is 319 g/mol. The summed E-state index contributed by atoms with van der Waals surface area (Å²) >= 11 is 0.